The van der Waals surface area contributed by atoms with Gasteiger partial charge in [0.25, 0.3) is 0 Å². The fraction of sp³-hybridized carbons (Fsp3) is 0.423. The summed E-state index contributed by atoms with van der Waals surface area (Å²) in [7, 11) is 0. The second-order valence-electron chi connectivity index (χ2n) is 8.84. The number of fused-ring (bicyclic) bond motifs is 1. The molecule has 0 unspecified atom stereocenters. The summed E-state index contributed by atoms with van der Waals surface area (Å²) in [5, 5.41) is 14.8. The molecular formula is C26H27N3O3S2. The molecule has 2 N–H and O–H groups in total. The number of anilines is 1. The van der Waals surface area contributed by atoms with Gasteiger partial charge in [-0.05, 0) is 73.4 Å². The number of carbonyl (C=O) groups excluding carboxylic acids is 2. The number of rotatable bonds is 4. The van der Waals surface area contributed by atoms with Gasteiger partial charge in [0.05, 0.1) is 29.7 Å². The van der Waals surface area contributed by atoms with Gasteiger partial charge in [0.2, 0.25) is 0 Å². The number of allylic oxidation sites excluding steroid dienone is 3. The Kier molecular flexibility index (Phi) is 6.32. The Morgan fingerprint density at radius 1 is 1.24 bits per heavy atom. The molecule has 2 aromatic heterocycles. The summed E-state index contributed by atoms with van der Waals surface area (Å²) in [6.45, 7) is 2.09. The number of nitriles is 1. The van der Waals surface area contributed by atoms with Crippen molar-refractivity contribution in [2.75, 3.05) is 11.5 Å². The Morgan fingerprint density at radius 2 is 2.06 bits per heavy atom. The van der Waals surface area contributed by atoms with Crippen LogP contribution in [-0.4, -0.2) is 18.4 Å². The van der Waals surface area contributed by atoms with Gasteiger partial charge in [0.1, 0.15) is 10.8 Å². The van der Waals surface area contributed by atoms with Gasteiger partial charge in [-0.25, -0.2) is 4.79 Å². The van der Waals surface area contributed by atoms with E-state index >= 15 is 0 Å². The first kappa shape index (κ1) is 22.9. The molecule has 0 bridgehead atoms. The number of carbonyl (C=O) groups is 2. The maximum absolute atomic E-state index is 13.3. The molecule has 2 aliphatic carbocycles. The number of ketones is 1. The second-order valence-corrected chi connectivity index (χ2v) is 10.7. The third-order valence-corrected chi connectivity index (χ3v) is 8.85. The van der Waals surface area contributed by atoms with Crippen molar-refractivity contribution in [3.63, 3.8) is 0 Å². The molecule has 0 fully saturated rings. The molecule has 1 aliphatic heterocycles. The van der Waals surface area contributed by atoms with Crippen LogP contribution in [0.25, 0.3) is 0 Å². The van der Waals surface area contributed by atoms with Crippen LogP contribution in [0.4, 0.5) is 5.00 Å². The van der Waals surface area contributed by atoms with Crippen LogP contribution < -0.4 is 10.6 Å². The lowest BCUT2D eigenvalue weighted by Gasteiger charge is -2.39. The number of hydrogen-bond donors (Lipinski definition) is 1. The van der Waals surface area contributed by atoms with E-state index in [0.717, 1.165) is 55.3 Å². The average Bonchev–Trinajstić information content (AvgIpc) is 3.41. The molecule has 5 rings (SSSR count). The van der Waals surface area contributed by atoms with Gasteiger partial charge in [-0.2, -0.15) is 16.6 Å². The SMILES string of the molecule is CCOC(=O)c1c(N2C(N)=C(C#N)[C@H](c3ccsc3)C3=C2CCCC3=O)sc2c1CCCCC2. The van der Waals surface area contributed by atoms with Crippen molar-refractivity contribution in [1.82, 2.24) is 0 Å². The minimum absolute atomic E-state index is 0.0542. The van der Waals surface area contributed by atoms with E-state index in [2.05, 4.69) is 6.07 Å². The number of aryl methyl sites for hydroxylation is 1. The maximum Gasteiger partial charge on any atom is 0.341 e. The first-order valence-corrected chi connectivity index (χ1v) is 13.6. The molecular weight excluding hydrogens is 466 g/mol. The molecule has 0 radical (unpaired) electrons. The lowest BCUT2D eigenvalue weighted by molar-refractivity contribution is -0.116. The summed E-state index contributed by atoms with van der Waals surface area (Å²) in [5.41, 5.74) is 11.1. The second kappa shape index (κ2) is 9.40. The van der Waals surface area contributed by atoms with Gasteiger partial charge >= 0.3 is 5.97 Å². The highest BCUT2D eigenvalue weighted by Gasteiger charge is 2.42. The Hall–Kier alpha value is -2.89. The number of nitrogens with zero attached hydrogens (tertiary/aromatic N) is 2. The summed E-state index contributed by atoms with van der Waals surface area (Å²) < 4.78 is 5.49. The minimum atomic E-state index is -0.459. The van der Waals surface area contributed by atoms with Crippen molar-refractivity contribution < 1.29 is 14.3 Å². The van der Waals surface area contributed by atoms with E-state index in [9.17, 15) is 14.9 Å². The molecule has 1 atom stereocenters. The Labute approximate surface area is 207 Å². The Balaban J connectivity index is 1.76. The lowest BCUT2D eigenvalue weighted by Crippen LogP contribution is -2.39. The van der Waals surface area contributed by atoms with E-state index in [1.54, 1.807) is 18.3 Å². The molecule has 0 spiro atoms. The van der Waals surface area contributed by atoms with Crippen molar-refractivity contribution in [2.24, 2.45) is 5.73 Å². The van der Waals surface area contributed by atoms with Crippen molar-refractivity contribution in [3.05, 3.63) is 61.1 Å². The smallest absolute Gasteiger partial charge is 0.341 e. The van der Waals surface area contributed by atoms with E-state index in [1.165, 1.54) is 16.2 Å². The monoisotopic (exact) mass is 493 g/mol. The Morgan fingerprint density at radius 3 is 2.79 bits per heavy atom. The van der Waals surface area contributed by atoms with Gasteiger partial charge in [0, 0.05) is 22.6 Å². The molecule has 8 heteroatoms. The third kappa shape index (κ3) is 3.68. The average molecular weight is 494 g/mol. The molecule has 3 aliphatic rings. The van der Waals surface area contributed by atoms with Crippen LogP contribution in [0.3, 0.4) is 0 Å². The fourth-order valence-corrected chi connectivity index (χ4v) is 7.49. The quantitative estimate of drug-likeness (QED) is 0.442. The normalized spacial score (nSPS) is 20.5. The first-order valence-electron chi connectivity index (χ1n) is 11.9. The van der Waals surface area contributed by atoms with Gasteiger partial charge in [-0.15, -0.1) is 11.3 Å². The van der Waals surface area contributed by atoms with Crippen LogP contribution in [0.1, 0.15) is 77.7 Å². The topological polar surface area (TPSA) is 96.4 Å². The van der Waals surface area contributed by atoms with E-state index in [-0.39, 0.29) is 18.4 Å². The fourth-order valence-electron chi connectivity index (χ4n) is 5.39. The van der Waals surface area contributed by atoms with Crippen LogP contribution >= 0.6 is 22.7 Å². The van der Waals surface area contributed by atoms with Crippen molar-refractivity contribution in [1.29, 1.82) is 5.26 Å². The van der Waals surface area contributed by atoms with Gasteiger partial charge in [-0.1, -0.05) is 6.42 Å². The van der Waals surface area contributed by atoms with Gasteiger partial charge in [0.15, 0.2) is 5.78 Å². The minimum Gasteiger partial charge on any atom is -0.462 e. The highest BCUT2D eigenvalue weighted by atomic mass is 32.1. The molecule has 0 saturated carbocycles. The Bertz CT molecular complexity index is 1250. The molecule has 0 aromatic carbocycles. The number of esters is 1. The lowest BCUT2D eigenvalue weighted by atomic mass is 9.76. The van der Waals surface area contributed by atoms with Crippen LogP contribution in [0.15, 0.2) is 39.5 Å². The third-order valence-electron chi connectivity index (χ3n) is 6.88. The van der Waals surface area contributed by atoms with Crippen molar-refractivity contribution in [2.45, 2.75) is 64.2 Å². The molecule has 0 amide bonds. The highest BCUT2D eigenvalue weighted by Crippen LogP contribution is 2.50. The van der Waals surface area contributed by atoms with Crippen LogP contribution in [0.2, 0.25) is 0 Å². The van der Waals surface area contributed by atoms with Gasteiger partial charge in [-0.3, -0.25) is 9.69 Å². The largest absolute Gasteiger partial charge is 0.462 e. The molecule has 0 saturated heterocycles. The summed E-state index contributed by atoms with van der Waals surface area (Å²) in [6, 6.07) is 4.27. The van der Waals surface area contributed by atoms with E-state index in [1.807, 2.05) is 21.7 Å². The molecule has 2 aromatic rings. The molecule has 6 nitrogen and oxygen atoms in total. The summed E-state index contributed by atoms with van der Waals surface area (Å²) in [4.78, 5) is 29.6. The van der Waals surface area contributed by atoms with E-state index < -0.39 is 5.92 Å². The number of hydrogen-bond acceptors (Lipinski definition) is 8. The molecule has 176 valence electrons. The van der Waals surface area contributed by atoms with E-state index in [0.29, 0.717) is 40.4 Å². The van der Waals surface area contributed by atoms with Crippen molar-refractivity contribution in [3.8, 4) is 6.07 Å². The number of Topliss-reactive ketones (excluding diaryl/α,β-unsaturated/α-hetero) is 1. The molecule has 3 heterocycles. The zero-order valence-corrected chi connectivity index (χ0v) is 20.8. The zero-order valence-electron chi connectivity index (χ0n) is 19.2. The number of nitrogens with two attached hydrogens (primary N) is 1. The predicted molar refractivity (Wildman–Crippen MR) is 134 cm³/mol. The first-order chi connectivity index (χ1) is 16.6. The number of ether oxygens (including phenoxy) is 1. The standard InChI is InChI=1S/C26H27N3O3S2/c1-2-32-26(31)22-16-7-4-3-5-10-20(16)34-25(22)29-18-8-6-9-19(30)23(18)21(15-11-12-33-14-15)17(13-27)24(29)28/h11-12,14,21H,2-10,28H2,1H3/t21-/m0/s1. The molecule has 34 heavy (non-hydrogen) atoms. The van der Waals surface area contributed by atoms with Crippen LogP contribution in [-0.2, 0) is 22.4 Å². The predicted octanol–water partition coefficient (Wildman–Crippen LogP) is 5.56. The summed E-state index contributed by atoms with van der Waals surface area (Å²) in [5.74, 6) is -0.445. The zero-order chi connectivity index (χ0) is 23.8. The van der Waals surface area contributed by atoms with Crippen LogP contribution in [0.5, 0.6) is 0 Å². The number of thiophene rings is 2. The maximum atomic E-state index is 13.3. The highest BCUT2D eigenvalue weighted by molar-refractivity contribution is 7.16. The van der Waals surface area contributed by atoms with Crippen LogP contribution in [0, 0.1) is 11.3 Å². The summed E-state index contributed by atoms with van der Waals surface area (Å²) >= 11 is 3.10. The van der Waals surface area contributed by atoms with E-state index in [4.69, 9.17) is 10.5 Å². The van der Waals surface area contributed by atoms with Crippen molar-refractivity contribution >= 4 is 39.4 Å². The summed E-state index contributed by atoms with van der Waals surface area (Å²) in [6.07, 6.45) is 6.83. The van der Waals surface area contributed by atoms with Gasteiger partial charge < -0.3 is 10.5 Å².